The summed E-state index contributed by atoms with van der Waals surface area (Å²) < 4.78 is 36.5. The summed E-state index contributed by atoms with van der Waals surface area (Å²) in [5.74, 6) is 0. The van der Waals surface area contributed by atoms with Gasteiger partial charge in [-0.2, -0.15) is 13.2 Å². The van der Waals surface area contributed by atoms with E-state index in [0.29, 0.717) is 12.3 Å². The summed E-state index contributed by atoms with van der Waals surface area (Å²) in [6.07, 6.45) is -4.05. The molecule has 1 amide bonds. The van der Waals surface area contributed by atoms with Crippen LogP contribution in [0.3, 0.4) is 0 Å². The predicted molar refractivity (Wildman–Crippen MR) is 44.1 cm³/mol. The van der Waals surface area contributed by atoms with Crippen LogP contribution in [0.5, 0.6) is 0 Å². The molecule has 0 aromatic heterocycles. The van der Waals surface area contributed by atoms with Crippen molar-refractivity contribution in [1.29, 1.82) is 0 Å². The molecule has 0 saturated carbocycles. The van der Waals surface area contributed by atoms with E-state index in [1.165, 1.54) is 0 Å². The van der Waals surface area contributed by atoms with Crippen LogP contribution < -0.4 is 5.32 Å². The molecule has 1 N–H and O–H groups in total. The van der Waals surface area contributed by atoms with E-state index in [0.717, 1.165) is 6.92 Å². The van der Waals surface area contributed by atoms with Crippen molar-refractivity contribution in [3.8, 4) is 0 Å². The number of nitro groups is 1. The van der Waals surface area contributed by atoms with Crippen molar-refractivity contribution in [1.82, 2.24) is 5.32 Å². The van der Waals surface area contributed by atoms with Gasteiger partial charge in [-0.15, -0.1) is 0 Å². The van der Waals surface area contributed by atoms with Gasteiger partial charge in [0.1, 0.15) is 0 Å². The minimum Gasteiger partial charge on any atom is -0.335 e. The molecule has 0 aromatic rings. The highest BCUT2D eigenvalue weighted by Crippen LogP contribution is 2.26. The molecule has 15 heavy (non-hydrogen) atoms. The second-order valence-corrected chi connectivity index (χ2v) is 2.42. The zero-order chi connectivity index (χ0) is 12.1. The molecule has 5 nitrogen and oxygen atoms in total. The first-order valence-corrected chi connectivity index (χ1v) is 3.58. The number of amides is 1. The Balaban J connectivity index is 5.06. The molecule has 0 unspecified atom stereocenters. The third-order valence-electron chi connectivity index (χ3n) is 1.29. The Morgan fingerprint density at radius 3 is 2.33 bits per heavy atom. The molecule has 0 radical (unpaired) electrons. The topological polar surface area (TPSA) is 72.2 Å². The van der Waals surface area contributed by atoms with Gasteiger partial charge in [-0.25, -0.2) is 0 Å². The Morgan fingerprint density at radius 1 is 1.47 bits per heavy atom. The van der Waals surface area contributed by atoms with E-state index in [2.05, 4.69) is 0 Å². The Kier molecular flexibility index (Phi) is 4.49. The van der Waals surface area contributed by atoms with Crippen molar-refractivity contribution in [3.63, 3.8) is 0 Å². The molecule has 0 aliphatic rings. The van der Waals surface area contributed by atoms with Gasteiger partial charge >= 0.3 is 6.18 Å². The highest BCUT2D eigenvalue weighted by Gasteiger charge is 2.33. The average molecular weight is 224 g/mol. The van der Waals surface area contributed by atoms with Crippen LogP contribution >= 0.6 is 0 Å². The van der Waals surface area contributed by atoms with Crippen molar-refractivity contribution < 1.29 is 22.9 Å². The van der Waals surface area contributed by atoms with E-state index in [4.69, 9.17) is 0 Å². The lowest BCUT2D eigenvalue weighted by molar-refractivity contribution is -0.424. The first kappa shape index (κ1) is 13.1. The molecule has 0 fully saturated rings. The highest BCUT2D eigenvalue weighted by atomic mass is 19.4. The fourth-order valence-corrected chi connectivity index (χ4v) is 0.607. The monoisotopic (exact) mass is 224 g/mol. The molecule has 0 atom stereocenters. The van der Waals surface area contributed by atoms with Crippen molar-refractivity contribution in [2.24, 2.45) is 0 Å². The molecular formula is C7H7F3N2O3. The van der Waals surface area contributed by atoms with E-state index in [9.17, 15) is 28.1 Å². The molecule has 8 heteroatoms. The minimum absolute atomic E-state index is 0.0288. The summed E-state index contributed by atoms with van der Waals surface area (Å²) in [5.41, 5.74) is -1.98. The fraction of sp³-hybridized carbons (Fsp3) is 0.286. The smallest absolute Gasteiger partial charge is 0.335 e. The molecular weight excluding hydrogens is 217 g/mol. The SMILES string of the molecule is C/C(=C\C(=C/NC=O)C(F)(F)F)[N+](=O)[O-]. The molecule has 0 heterocycles. The van der Waals surface area contributed by atoms with Gasteiger partial charge in [0, 0.05) is 19.2 Å². The summed E-state index contributed by atoms with van der Waals surface area (Å²) in [4.78, 5) is 18.9. The number of hydrogen-bond acceptors (Lipinski definition) is 3. The van der Waals surface area contributed by atoms with Gasteiger partial charge in [0.2, 0.25) is 12.1 Å². The standard InChI is InChI=1S/C7H7F3N2O3/c1-5(12(14)15)2-6(3-11-4-13)7(8,9)10/h2-4H,1H3,(H,11,13)/b5-2+,6-3+. The van der Waals surface area contributed by atoms with Crippen LogP contribution in [0.15, 0.2) is 23.5 Å². The van der Waals surface area contributed by atoms with Gasteiger partial charge in [0.15, 0.2) is 0 Å². The second-order valence-electron chi connectivity index (χ2n) is 2.42. The van der Waals surface area contributed by atoms with Crippen molar-refractivity contribution in [3.05, 3.63) is 33.7 Å². The lowest BCUT2D eigenvalue weighted by Crippen LogP contribution is -2.15. The highest BCUT2D eigenvalue weighted by molar-refractivity contribution is 5.49. The lowest BCUT2D eigenvalue weighted by atomic mass is 10.2. The molecule has 0 aliphatic carbocycles. The van der Waals surface area contributed by atoms with Gasteiger partial charge < -0.3 is 5.32 Å². The molecule has 0 saturated heterocycles. The second kappa shape index (κ2) is 5.13. The molecule has 0 spiro atoms. The first-order valence-electron chi connectivity index (χ1n) is 3.58. The number of rotatable bonds is 4. The maximum absolute atomic E-state index is 12.2. The first-order chi connectivity index (χ1) is 6.79. The summed E-state index contributed by atoms with van der Waals surface area (Å²) in [5, 5.41) is 11.8. The van der Waals surface area contributed by atoms with E-state index in [1.807, 2.05) is 0 Å². The zero-order valence-electron chi connectivity index (χ0n) is 7.54. The van der Waals surface area contributed by atoms with Crippen LogP contribution in [0.4, 0.5) is 13.2 Å². The van der Waals surface area contributed by atoms with Crippen LogP contribution in [-0.2, 0) is 4.79 Å². The van der Waals surface area contributed by atoms with Crippen molar-refractivity contribution >= 4 is 6.41 Å². The zero-order valence-corrected chi connectivity index (χ0v) is 7.54. The lowest BCUT2D eigenvalue weighted by Gasteiger charge is -2.06. The van der Waals surface area contributed by atoms with E-state index >= 15 is 0 Å². The molecule has 0 aromatic carbocycles. The number of alkyl halides is 3. The number of halogens is 3. The summed E-state index contributed by atoms with van der Waals surface area (Å²) in [7, 11) is 0. The Hall–Kier alpha value is -1.86. The van der Waals surface area contributed by atoms with E-state index < -0.39 is 22.4 Å². The maximum atomic E-state index is 12.2. The van der Waals surface area contributed by atoms with Gasteiger partial charge in [-0.3, -0.25) is 14.9 Å². The molecule has 0 rings (SSSR count). The van der Waals surface area contributed by atoms with Gasteiger partial charge in [0.25, 0.3) is 0 Å². The average Bonchev–Trinajstić information content (AvgIpc) is 2.09. The van der Waals surface area contributed by atoms with Crippen LogP contribution in [0.25, 0.3) is 0 Å². The summed E-state index contributed by atoms with van der Waals surface area (Å²) in [6.45, 7) is 0.917. The van der Waals surface area contributed by atoms with Crippen molar-refractivity contribution in [2.45, 2.75) is 13.1 Å². The maximum Gasteiger partial charge on any atom is 0.418 e. The van der Waals surface area contributed by atoms with Crippen LogP contribution in [-0.4, -0.2) is 17.5 Å². The van der Waals surface area contributed by atoms with E-state index in [1.54, 1.807) is 5.32 Å². The molecule has 0 aliphatic heterocycles. The molecule has 0 bridgehead atoms. The quantitative estimate of drug-likeness (QED) is 0.339. The largest absolute Gasteiger partial charge is 0.418 e. The summed E-state index contributed by atoms with van der Waals surface area (Å²) >= 11 is 0. The number of hydrogen-bond donors (Lipinski definition) is 1. The van der Waals surface area contributed by atoms with Crippen LogP contribution in [0.1, 0.15) is 6.92 Å². The number of nitrogens with one attached hydrogen (secondary N) is 1. The Labute approximate surface area is 82.4 Å². The predicted octanol–water partition coefficient (Wildman–Crippen LogP) is 1.36. The fourth-order valence-electron chi connectivity index (χ4n) is 0.607. The van der Waals surface area contributed by atoms with Crippen LogP contribution in [0.2, 0.25) is 0 Å². The van der Waals surface area contributed by atoms with Gasteiger partial charge in [-0.1, -0.05) is 0 Å². The number of nitrogens with zero attached hydrogens (tertiary/aromatic N) is 1. The van der Waals surface area contributed by atoms with Crippen molar-refractivity contribution in [2.75, 3.05) is 0 Å². The van der Waals surface area contributed by atoms with Crippen LogP contribution in [0, 0.1) is 10.1 Å². The third-order valence-corrected chi connectivity index (χ3v) is 1.29. The van der Waals surface area contributed by atoms with Gasteiger partial charge in [0.05, 0.1) is 10.5 Å². The Bertz CT molecular complexity index is 320. The van der Waals surface area contributed by atoms with Gasteiger partial charge in [-0.05, 0) is 0 Å². The minimum atomic E-state index is -4.76. The molecule has 84 valence electrons. The summed E-state index contributed by atoms with van der Waals surface area (Å²) in [6, 6.07) is 0. The van der Waals surface area contributed by atoms with E-state index in [-0.39, 0.29) is 6.41 Å². The normalized spacial score (nSPS) is 13.6. The number of carbonyl (C=O) groups excluding carboxylic acids is 1. The number of allylic oxidation sites excluding steroid dienone is 3. The number of carbonyl (C=O) groups is 1. The Morgan fingerprint density at radius 2 is 2.00 bits per heavy atom. The third kappa shape index (κ3) is 4.79.